The van der Waals surface area contributed by atoms with Crippen molar-refractivity contribution in [1.82, 2.24) is 10.3 Å². The first kappa shape index (κ1) is 11.9. The molecule has 0 aliphatic carbocycles. The van der Waals surface area contributed by atoms with Crippen molar-refractivity contribution in [2.75, 3.05) is 7.05 Å². The number of hydrogen-bond acceptors (Lipinski definition) is 2. The molecular formula is C13H20N2. The summed E-state index contributed by atoms with van der Waals surface area (Å²) in [5.74, 6) is 0. The fourth-order valence-corrected chi connectivity index (χ4v) is 1.83. The van der Waals surface area contributed by atoms with E-state index in [1.807, 2.05) is 27.0 Å². The minimum absolute atomic E-state index is 0.406. The molecule has 1 aromatic heterocycles. The second-order valence-electron chi connectivity index (χ2n) is 3.89. The van der Waals surface area contributed by atoms with E-state index >= 15 is 0 Å². The molecule has 1 N–H and O–H groups in total. The van der Waals surface area contributed by atoms with E-state index in [1.54, 1.807) is 0 Å². The Bertz CT molecular complexity index is 311. The lowest BCUT2D eigenvalue weighted by atomic mass is 10.0. The summed E-state index contributed by atoms with van der Waals surface area (Å²) in [5, 5.41) is 3.33. The molecule has 2 nitrogen and oxygen atoms in total. The van der Waals surface area contributed by atoms with Crippen LogP contribution in [0.25, 0.3) is 0 Å². The first-order chi connectivity index (χ1) is 7.17. The Morgan fingerprint density at radius 1 is 1.40 bits per heavy atom. The number of nitrogens with zero attached hydrogens (tertiary/aromatic N) is 1. The second kappa shape index (κ2) is 5.66. The summed E-state index contributed by atoms with van der Waals surface area (Å²) >= 11 is 0. The molecule has 2 heteroatoms. The van der Waals surface area contributed by atoms with Crippen LogP contribution in [0.15, 0.2) is 24.8 Å². The maximum atomic E-state index is 4.38. The summed E-state index contributed by atoms with van der Waals surface area (Å²) in [6.45, 7) is 7.83. The first-order valence-electron chi connectivity index (χ1n) is 5.40. The maximum Gasteiger partial charge on any atom is 0.0379 e. The van der Waals surface area contributed by atoms with Crippen LogP contribution in [0.2, 0.25) is 0 Å². The number of aryl methyl sites for hydroxylation is 2. The third-order valence-corrected chi connectivity index (χ3v) is 2.51. The highest BCUT2D eigenvalue weighted by Crippen LogP contribution is 2.19. The summed E-state index contributed by atoms with van der Waals surface area (Å²) in [7, 11) is 2.00. The zero-order valence-corrected chi connectivity index (χ0v) is 9.88. The van der Waals surface area contributed by atoms with Crippen molar-refractivity contribution in [2.45, 2.75) is 32.7 Å². The Kier molecular flexibility index (Phi) is 4.50. The van der Waals surface area contributed by atoms with Crippen LogP contribution in [0.3, 0.4) is 0 Å². The van der Waals surface area contributed by atoms with E-state index in [0.717, 1.165) is 24.2 Å². The Labute approximate surface area is 92.4 Å². The van der Waals surface area contributed by atoms with Crippen LogP contribution in [0.1, 0.15) is 35.8 Å². The zero-order valence-electron chi connectivity index (χ0n) is 9.88. The smallest absolute Gasteiger partial charge is 0.0379 e. The molecule has 1 unspecified atom stereocenters. The van der Waals surface area contributed by atoms with Gasteiger partial charge in [0.25, 0.3) is 0 Å². The standard InChI is InChI=1S/C13H20N2/c1-5-6-7-13(14-4)12-8-10(2)15-11(3)9-12/h5,8-9,13-14H,1,6-7H2,2-4H3. The molecule has 0 saturated heterocycles. The second-order valence-corrected chi connectivity index (χ2v) is 3.89. The summed E-state index contributed by atoms with van der Waals surface area (Å²) in [6, 6.07) is 4.71. The molecule has 1 aromatic rings. The van der Waals surface area contributed by atoms with E-state index < -0.39 is 0 Å². The summed E-state index contributed by atoms with van der Waals surface area (Å²) < 4.78 is 0. The molecule has 0 saturated carbocycles. The topological polar surface area (TPSA) is 24.9 Å². The highest BCUT2D eigenvalue weighted by atomic mass is 14.9. The molecule has 0 aromatic carbocycles. The van der Waals surface area contributed by atoms with Crippen LogP contribution in [0, 0.1) is 13.8 Å². The van der Waals surface area contributed by atoms with Gasteiger partial charge < -0.3 is 5.32 Å². The lowest BCUT2D eigenvalue weighted by Gasteiger charge is -2.16. The average Bonchev–Trinajstić information content (AvgIpc) is 2.17. The zero-order chi connectivity index (χ0) is 11.3. The van der Waals surface area contributed by atoms with Gasteiger partial charge in [-0.05, 0) is 51.4 Å². The lowest BCUT2D eigenvalue weighted by molar-refractivity contribution is 0.553. The van der Waals surface area contributed by atoms with E-state index in [1.165, 1.54) is 5.56 Å². The predicted octanol–water partition coefficient (Wildman–Crippen LogP) is 2.93. The van der Waals surface area contributed by atoms with Crippen molar-refractivity contribution in [3.63, 3.8) is 0 Å². The molecule has 1 heterocycles. The van der Waals surface area contributed by atoms with Crippen molar-refractivity contribution in [1.29, 1.82) is 0 Å². The molecule has 1 rings (SSSR count). The van der Waals surface area contributed by atoms with E-state index in [9.17, 15) is 0 Å². The number of hydrogen-bond donors (Lipinski definition) is 1. The van der Waals surface area contributed by atoms with Crippen LogP contribution < -0.4 is 5.32 Å². The monoisotopic (exact) mass is 204 g/mol. The van der Waals surface area contributed by atoms with Gasteiger partial charge in [-0.25, -0.2) is 0 Å². The van der Waals surface area contributed by atoms with Gasteiger partial charge in [-0.3, -0.25) is 4.98 Å². The molecule has 82 valence electrons. The predicted molar refractivity (Wildman–Crippen MR) is 64.9 cm³/mol. The third-order valence-electron chi connectivity index (χ3n) is 2.51. The van der Waals surface area contributed by atoms with Crippen LogP contribution >= 0.6 is 0 Å². The fourth-order valence-electron chi connectivity index (χ4n) is 1.83. The SMILES string of the molecule is C=CCCC(NC)c1cc(C)nc(C)c1. The van der Waals surface area contributed by atoms with Gasteiger partial charge in [-0.2, -0.15) is 0 Å². The molecule has 0 radical (unpaired) electrons. The van der Waals surface area contributed by atoms with E-state index in [-0.39, 0.29) is 0 Å². The van der Waals surface area contributed by atoms with Crippen molar-refractivity contribution in [3.05, 3.63) is 41.7 Å². The first-order valence-corrected chi connectivity index (χ1v) is 5.40. The van der Waals surface area contributed by atoms with E-state index in [2.05, 4.69) is 29.0 Å². The Morgan fingerprint density at radius 2 is 2.00 bits per heavy atom. The fraction of sp³-hybridized carbons (Fsp3) is 0.462. The van der Waals surface area contributed by atoms with Crippen molar-refractivity contribution < 1.29 is 0 Å². The average molecular weight is 204 g/mol. The molecule has 0 aliphatic heterocycles. The highest BCUT2D eigenvalue weighted by Gasteiger charge is 2.09. The quantitative estimate of drug-likeness (QED) is 0.746. The summed E-state index contributed by atoms with van der Waals surface area (Å²) in [6.07, 6.45) is 4.08. The molecule has 0 fully saturated rings. The lowest BCUT2D eigenvalue weighted by Crippen LogP contribution is -2.16. The van der Waals surface area contributed by atoms with Gasteiger partial charge in [-0.1, -0.05) is 6.08 Å². The van der Waals surface area contributed by atoms with Crippen LogP contribution in [-0.2, 0) is 0 Å². The number of pyridine rings is 1. The Morgan fingerprint density at radius 3 is 2.47 bits per heavy atom. The summed E-state index contributed by atoms with van der Waals surface area (Å²) in [4.78, 5) is 4.38. The van der Waals surface area contributed by atoms with Gasteiger partial charge in [-0.15, -0.1) is 6.58 Å². The minimum atomic E-state index is 0.406. The Balaban J connectivity index is 2.85. The normalized spacial score (nSPS) is 12.5. The molecular weight excluding hydrogens is 184 g/mol. The number of aromatic nitrogens is 1. The molecule has 0 spiro atoms. The van der Waals surface area contributed by atoms with Crippen LogP contribution in [0.4, 0.5) is 0 Å². The third kappa shape index (κ3) is 3.48. The van der Waals surface area contributed by atoms with Crippen molar-refractivity contribution in [3.8, 4) is 0 Å². The van der Waals surface area contributed by atoms with Gasteiger partial charge in [0.05, 0.1) is 0 Å². The number of nitrogens with one attached hydrogen (secondary N) is 1. The van der Waals surface area contributed by atoms with Crippen molar-refractivity contribution >= 4 is 0 Å². The van der Waals surface area contributed by atoms with E-state index in [4.69, 9.17) is 0 Å². The number of allylic oxidation sites excluding steroid dienone is 1. The molecule has 0 amide bonds. The van der Waals surface area contributed by atoms with E-state index in [0.29, 0.717) is 6.04 Å². The molecule has 1 atom stereocenters. The van der Waals surface area contributed by atoms with Crippen molar-refractivity contribution in [2.24, 2.45) is 0 Å². The number of rotatable bonds is 5. The van der Waals surface area contributed by atoms with Gasteiger partial charge in [0.1, 0.15) is 0 Å². The van der Waals surface area contributed by atoms with Crippen LogP contribution in [0.5, 0.6) is 0 Å². The summed E-state index contributed by atoms with van der Waals surface area (Å²) in [5.41, 5.74) is 3.50. The van der Waals surface area contributed by atoms with Gasteiger partial charge in [0, 0.05) is 17.4 Å². The van der Waals surface area contributed by atoms with Gasteiger partial charge in [0.2, 0.25) is 0 Å². The maximum absolute atomic E-state index is 4.38. The molecule has 0 bridgehead atoms. The Hall–Kier alpha value is -1.15. The van der Waals surface area contributed by atoms with Crippen LogP contribution in [-0.4, -0.2) is 12.0 Å². The van der Waals surface area contributed by atoms with Gasteiger partial charge in [0.15, 0.2) is 0 Å². The van der Waals surface area contributed by atoms with Gasteiger partial charge >= 0.3 is 0 Å². The molecule has 0 aliphatic rings. The molecule has 15 heavy (non-hydrogen) atoms. The largest absolute Gasteiger partial charge is 0.313 e. The highest BCUT2D eigenvalue weighted by molar-refractivity contribution is 5.23. The minimum Gasteiger partial charge on any atom is -0.313 e.